The molecule has 11 heavy (non-hydrogen) atoms. The first-order valence-electron chi connectivity index (χ1n) is 3.28. The van der Waals surface area contributed by atoms with Gasteiger partial charge in [0.1, 0.15) is 19.4 Å². The van der Waals surface area contributed by atoms with Crippen molar-refractivity contribution in [1.29, 1.82) is 0 Å². The molecule has 0 saturated heterocycles. The maximum Gasteiger partial charge on any atom is 0.123 e. The topological polar surface area (TPSA) is 20.2 Å². The van der Waals surface area contributed by atoms with Crippen LogP contribution < -0.4 is 5.46 Å². The second-order valence-corrected chi connectivity index (χ2v) is 2.59. The molecule has 0 aliphatic heterocycles. The lowest BCUT2D eigenvalue weighted by Gasteiger charge is -2.06. The van der Waals surface area contributed by atoms with Crippen LogP contribution in [0.25, 0.3) is 0 Å². The zero-order valence-corrected chi connectivity index (χ0v) is 6.48. The van der Waals surface area contributed by atoms with Gasteiger partial charge in [-0.1, -0.05) is 0 Å². The summed E-state index contributed by atoms with van der Waals surface area (Å²) in [5, 5.41) is 9.15. The summed E-state index contributed by atoms with van der Waals surface area (Å²) in [6, 6.07) is 1.56. The molecule has 0 amide bonds. The van der Waals surface area contributed by atoms with Crippen molar-refractivity contribution in [3.05, 3.63) is 23.0 Å². The molecule has 1 N–H and O–H groups in total. The van der Waals surface area contributed by atoms with E-state index in [1.807, 2.05) is 0 Å². The van der Waals surface area contributed by atoms with Gasteiger partial charge in [-0.15, -0.1) is 0 Å². The van der Waals surface area contributed by atoms with Crippen LogP contribution in [-0.4, -0.2) is 13.0 Å². The molecule has 0 atom stereocenters. The second-order valence-electron chi connectivity index (χ2n) is 2.59. The summed E-state index contributed by atoms with van der Waals surface area (Å²) in [5.74, 6) is -0.693. The maximum atomic E-state index is 12.9. The largest absolute Gasteiger partial charge is 0.508 e. The van der Waals surface area contributed by atoms with Gasteiger partial charge in [-0.2, -0.15) is 0 Å². The fourth-order valence-corrected chi connectivity index (χ4v) is 0.985. The minimum atomic E-state index is -0.534. The van der Waals surface area contributed by atoms with Gasteiger partial charge in [-0.25, -0.2) is 4.39 Å². The molecule has 1 aromatic rings. The zero-order valence-electron chi connectivity index (χ0n) is 6.48. The number of hydrogen-bond donors (Lipinski definition) is 1. The highest BCUT2D eigenvalue weighted by Crippen LogP contribution is 2.16. The Hall–Kier alpha value is -0.985. The SMILES string of the molecule is [B]c1c(O)c(C)cc(C)c1F. The summed E-state index contributed by atoms with van der Waals surface area (Å²) in [5.41, 5.74) is 0.890. The van der Waals surface area contributed by atoms with Crippen LogP contribution >= 0.6 is 0 Å². The number of hydrogen-bond acceptors (Lipinski definition) is 1. The molecular formula is C8H8BFO. The second kappa shape index (κ2) is 2.57. The number of rotatable bonds is 0. The van der Waals surface area contributed by atoms with Gasteiger partial charge in [0.25, 0.3) is 0 Å². The average Bonchev–Trinajstić information content (AvgIpc) is 1.97. The summed E-state index contributed by atoms with van der Waals surface area (Å²) < 4.78 is 12.9. The van der Waals surface area contributed by atoms with Gasteiger partial charge in [0, 0.05) is 0 Å². The first-order valence-corrected chi connectivity index (χ1v) is 3.28. The highest BCUT2D eigenvalue weighted by molar-refractivity contribution is 6.34. The Kier molecular flexibility index (Phi) is 1.89. The molecule has 0 unspecified atom stereocenters. The number of aryl methyl sites for hydroxylation is 2. The first-order chi connectivity index (χ1) is 5.04. The number of benzene rings is 1. The summed E-state index contributed by atoms with van der Waals surface area (Å²) >= 11 is 0. The quantitative estimate of drug-likeness (QED) is 0.545. The highest BCUT2D eigenvalue weighted by Gasteiger charge is 2.07. The van der Waals surface area contributed by atoms with Gasteiger partial charge < -0.3 is 5.11 Å². The predicted octanol–water partition coefficient (Wildman–Crippen LogP) is 0.942. The molecule has 3 heteroatoms. The lowest BCUT2D eigenvalue weighted by molar-refractivity contribution is 0.470. The lowest BCUT2D eigenvalue weighted by atomic mass is 9.90. The van der Waals surface area contributed by atoms with E-state index in [4.69, 9.17) is 13.0 Å². The zero-order chi connectivity index (χ0) is 8.59. The van der Waals surface area contributed by atoms with E-state index in [1.54, 1.807) is 19.9 Å². The monoisotopic (exact) mass is 150 g/mol. The van der Waals surface area contributed by atoms with Crippen LogP contribution in [0.3, 0.4) is 0 Å². The van der Waals surface area contributed by atoms with E-state index in [0.29, 0.717) is 11.1 Å². The maximum absolute atomic E-state index is 12.9. The van der Waals surface area contributed by atoms with Gasteiger partial charge in [-0.05, 0) is 36.5 Å². The Labute approximate surface area is 66.3 Å². The third kappa shape index (κ3) is 1.23. The molecule has 0 spiro atoms. The van der Waals surface area contributed by atoms with Gasteiger partial charge in [0.15, 0.2) is 0 Å². The van der Waals surface area contributed by atoms with E-state index >= 15 is 0 Å². The van der Waals surface area contributed by atoms with Crippen LogP contribution in [0.2, 0.25) is 0 Å². The Bertz CT molecular complexity index is 270. The van der Waals surface area contributed by atoms with E-state index in [2.05, 4.69) is 0 Å². The molecule has 0 bridgehead atoms. The van der Waals surface area contributed by atoms with E-state index in [1.165, 1.54) is 0 Å². The van der Waals surface area contributed by atoms with Crippen molar-refractivity contribution in [2.75, 3.05) is 0 Å². The molecule has 1 rings (SSSR count). The number of phenols is 1. The Morgan fingerprint density at radius 3 is 2.45 bits per heavy atom. The van der Waals surface area contributed by atoms with Gasteiger partial charge in [-0.3, -0.25) is 0 Å². The van der Waals surface area contributed by atoms with Crippen molar-refractivity contribution in [2.45, 2.75) is 13.8 Å². The summed E-state index contributed by atoms with van der Waals surface area (Å²) in [7, 11) is 5.26. The standard InChI is InChI=1S/C8H8BFO/c1-4-3-5(2)8(11)6(9)7(4)10/h3,11H,1-2H3. The summed E-state index contributed by atoms with van der Waals surface area (Å²) in [6.45, 7) is 3.29. The van der Waals surface area contributed by atoms with Crippen LogP contribution in [0.1, 0.15) is 11.1 Å². The van der Waals surface area contributed by atoms with Crippen LogP contribution in [0.5, 0.6) is 5.75 Å². The summed E-state index contributed by atoms with van der Waals surface area (Å²) in [4.78, 5) is 0. The molecule has 0 fully saturated rings. The fourth-order valence-electron chi connectivity index (χ4n) is 0.985. The number of aromatic hydroxyl groups is 1. The number of phenolic OH excluding ortho intramolecular Hbond substituents is 1. The van der Waals surface area contributed by atoms with Crippen LogP contribution in [0, 0.1) is 19.7 Å². The van der Waals surface area contributed by atoms with Gasteiger partial charge >= 0.3 is 0 Å². The Balaban J connectivity index is 3.46. The number of halogens is 1. The average molecular weight is 150 g/mol. The molecule has 0 saturated carbocycles. The third-order valence-electron chi connectivity index (χ3n) is 1.64. The van der Waals surface area contributed by atoms with Crippen LogP contribution in [0.4, 0.5) is 4.39 Å². The first kappa shape index (κ1) is 8.11. The van der Waals surface area contributed by atoms with E-state index in [-0.39, 0.29) is 11.2 Å². The molecule has 1 nitrogen and oxygen atoms in total. The van der Waals surface area contributed by atoms with Crippen molar-refractivity contribution >= 4 is 13.3 Å². The Morgan fingerprint density at radius 1 is 1.36 bits per heavy atom. The Morgan fingerprint density at radius 2 is 1.91 bits per heavy atom. The molecular weight excluding hydrogens is 142 g/mol. The van der Waals surface area contributed by atoms with Crippen molar-refractivity contribution in [2.24, 2.45) is 0 Å². The van der Waals surface area contributed by atoms with E-state index in [9.17, 15) is 4.39 Å². The van der Waals surface area contributed by atoms with E-state index < -0.39 is 5.82 Å². The normalized spacial score (nSPS) is 10.1. The molecule has 0 aliphatic rings. The molecule has 2 radical (unpaired) electrons. The van der Waals surface area contributed by atoms with E-state index in [0.717, 1.165) is 0 Å². The molecule has 0 aromatic heterocycles. The molecule has 0 heterocycles. The van der Waals surface area contributed by atoms with Crippen LogP contribution in [-0.2, 0) is 0 Å². The molecule has 0 aliphatic carbocycles. The molecule has 56 valence electrons. The van der Waals surface area contributed by atoms with Crippen LogP contribution in [0.15, 0.2) is 6.07 Å². The third-order valence-corrected chi connectivity index (χ3v) is 1.64. The minimum absolute atomic E-state index is 0.159. The smallest absolute Gasteiger partial charge is 0.123 e. The predicted molar refractivity (Wildman–Crippen MR) is 42.9 cm³/mol. The van der Waals surface area contributed by atoms with Gasteiger partial charge in [0.2, 0.25) is 0 Å². The van der Waals surface area contributed by atoms with Crippen molar-refractivity contribution in [3.63, 3.8) is 0 Å². The van der Waals surface area contributed by atoms with Gasteiger partial charge in [0.05, 0.1) is 0 Å². The minimum Gasteiger partial charge on any atom is -0.508 e. The highest BCUT2D eigenvalue weighted by atomic mass is 19.1. The fraction of sp³-hybridized carbons (Fsp3) is 0.250. The van der Waals surface area contributed by atoms with Crippen molar-refractivity contribution < 1.29 is 9.50 Å². The molecule has 1 aromatic carbocycles. The van der Waals surface area contributed by atoms with Crippen molar-refractivity contribution in [3.8, 4) is 5.75 Å². The van der Waals surface area contributed by atoms with Crippen molar-refractivity contribution in [1.82, 2.24) is 0 Å². The summed E-state index contributed by atoms with van der Waals surface area (Å²) in [6.07, 6.45) is 0. The lowest BCUT2D eigenvalue weighted by Crippen LogP contribution is -2.11.